The molecule has 5 heteroatoms. The molecule has 1 aliphatic heterocycles. The molecule has 2 atom stereocenters. The number of carbonyl (C=O) groups excluding carboxylic acids is 1. The molecule has 1 saturated heterocycles. The number of rotatable bonds is 4. The molecule has 0 saturated carbocycles. The van der Waals surface area contributed by atoms with Gasteiger partial charge in [-0.05, 0) is 5.56 Å². The average molecular weight is 250 g/mol. The van der Waals surface area contributed by atoms with Gasteiger partial charge in [0.15, 0.2) is 0 Å². The lowest BCUT2D eigenvalue weighted by Crippen LogP contribution is -2.36. The first-order valence-corrected chi connectivity index (χ1v) is 6.04. The molecule has 1 aliphatic rings. The molecule has 1 amide bonds. The van der Waals surface area contributed by atoms with E-state index in [4.69, 9.17) is 0 Å². The highest BCUT2D eigenvalue weighted by Crippen LogP contribution is 2.08. The Bertz CT molecular complexity index is 386. The molecule has 1 aromatic carbocycles. The predicted molar refractivity (Wildman–Crippen MR) is 66.7 cm³/mol. The van der Waals surface area contributed by atoms with Gasteiger partial charge in [-0.1, -0.05) is 30.3 Å². The lowest BCUT2D eigenvalue weighted by Gasteiger charge is -2.14. The normalized spacial score (nSPS) is 24.1. The number of nitrogens with one attached hydrogen (secondary N) is 1. The van der Waals surface area contributed by atoms with Gasteiger partial charge in [0, 0.05) is 19.6 Å². The van der Waals surface area contributed by atoms with Crippen LogP contribution in [0, 0.1) is 0 Å². The van der Waals surface area contributed by atoms with Gasteiger partial charge in [0.05, 0.1) is 18.8 Å². The lowest BCUT2D eigenvalue weighted by molar-refractivity contribution is -0.122. The van der Waals surface area contributed by atoms with Crippen molar-refractivity contribution in [3.63, 3.8) is 0 Å². The summed E-state index contributed by atoms with van der Waals surface area (Å²) in [4.78, 5) is 13.4. The van der Waals surface area contributed by atoms with Crippen molar-refractivity contribution in [3.8, 4) is 0 Å². The molecule has 3 N–H and O–H groups in total. The van der Waals surface area contributed by atoms with Gasteiger partial charge in [-0.3, -0.25) is 9.69 Å². The minimum absolute atomic E-state index is 0.0971. The minimum atomic E-state index is -0.744. The second-order valence-corrected chi connectivity index (χ2v) is 4.59. The summed E-state index contributed by atoms with van der Waals surface area (Å²) in [6.07, 6.45) is -1.49. The van der Waals surface area contributed by atoms with Gasteiger partial charge in [-0.2, -0.15) is 0 Å². The highest BCUT2D eigenvalue weighted by atomic mass is 16.3. The molecule has 0 aliphatic carbocycles. The molecule has 98 valence electrons. The van der Waals surface area contributed by atoms with E-state index in [1.165, 1.54) is 0 Å². The van der Waals surface area contributed by atoms with Crippen molar-refractivity contribution in [2.24, 2.45) is 0 Å². The summed E-state index contributed by atoms with van der Waals surface area (Å²) in [5.74, 6) is -0.0971. The maximum absolute atomic E-state index is 11.7. The number of nitrogens with zero attached hydrogens (tertiary/aromatic N) is 1. The third-order valence-corrected chi connectivity index (χ3v) is 3.03. The minimum Gasteiger partial charge on any atom is -0.389 e. The van der Waals surface area contributed by atoms with Gasteiger partial charge in [-0.25, -0.2) is 0 Å². The number of aliphatic hydroxyl groups is 2. The molecule has 1 aromatic rings. The highest BCUT2D eigenvalue weighted by molar-refractivity contribution is 5.78. The van der Waals surface area contributed by atoms with Gasteiger partial charge in [0.25, 0.3) is 0 Å². The monoisotopic (exact) mass is 250 g/mol. The van der Waals surface area contributed by atoms with Crippen molar-refractivity contribution >= 4 is 5.91 Å². The summed E-state index contributed by atoms with van der Waals surface area (Å²) in [6, 6.07) is 9.68. The van der Waals surface area contributed by atoms with E-state index in [0.29, 0.717) is 19.6 Å². The molecular weight excluding hydrogens is 232 g/mol. The van der Waals surface area contributed by atoms with Crippen LogP contribution in [0.25, 0.3) is 0 Å². The molecule has 0 bridgehead atoms. The number of benzene rings is 1. The van der Waals surface area contributed by atoms with Crippen LogP contribution < -0.4 is 5.32 Å². The third-order valence-electron chi connectivity index (χ3n) is 3.03. The van der Waals surface area contributed by atoms with E-state index in [1.54, 1.807) is 4.90 Å². The second kappa shape index (κ2) is 5.95. The number of likely N-dealkylation sites (tertiary alicyclic amines) is 1. The zero-order chi connectivity index (χ0) is 13.0. The number of hydrogen-bond donors (Lipinski definition) is 3. The SMILES string of the molecule is O=C(CN1C[C@@H](O)[C@@H](O)C1)NCc1ccccc1. The van der Waals surface area contributed by atoms with Crippen molar-refractivity contribution in [2.45, 2.75) is 18.8 Å². The van der Waals surface area contributed by atoms with Gasteiger partial charge in [0.2, 0.25) is 5.91 Å². The summed E-state index contributed by atoms with van der Waals surface area (Å²) in [6.45, 7) is 1.40. The Labute approximate surface area is 106 Å². The van der Waals surface area contributed by atoms with E-state index in [9.17, 15) is 15.0 Å². The van der Waals surface area contributed by atoms with E-state index < -0.39 is 12.2 Å². The predicted octanol–water partition coefficient (Wildman–Crippen LogP) is -0.660. The van der Waals surface area contributed by atoms with Crippen LogP contribution in [0.5, 0.6) is 0 Å². The van der Waals surface area contributed by atoms with Crippen LogP contribution in [0.2, 0.25) is 0 Å². The molecule has 0 radical (unpaired) electrons. The van der Waals surface area contributed by atoms with Crippen LogP contribution in [0.3, 0.4) is 0 Å². The van der Waals surface area contributed by atoms with Gasteiger partial charge in [0.1, 0.15) is 0 Å². The zero-order valence-corrected chi connectivity index (χ0v) is 10.1. The lowest BCUT2D eigenvalue weighted by atomic mass is 10.2. The fraction of sp³-hybridized carbons (Fsp3) is 0.462. The van der Waals surface area contributed by atoms with E-state index in [1.807, 2.05) is 30.3 Å². The van der Waals surface area contributed by atoms with Crippen LogP contribution >= 0.6 is 0 Å². The van der Waals surface area contributed by atoms with Crippen molar-refractivity contribution in [1.82, 2.24) is 10.2 Å². The fourth-order valence-corrected chi connectivity index (χ4v) is 2.03. The van der Waals surface area contributed by atoms with Gasteiger partial charge < -0.3 is 15.5 Å². The molecule has 0 spiro atoms. The molecule has 1 heterocycles. The molecule has 5 nitrogen and oxygen atoms in total. The Morgan fingerprint density at radius 1 is 1.22 bits per heavy atom. The molecule has 18 heavy (non-hydrogen) atoms. The summed E-state index contributed by atoms with van der Waals surface area (Å²) < 4.78 is 0. The number of aliphatic hydroxyl groups excluding tert-OH is 2. The smallest absolute Gasteiger partial charge is 0.234 e. The maximum Gasteiger partial charge on any atom is 0.234 e. The first-order chi connectivity index (χ1) is 8.65. The fourth-order valence-electron chi connectivity index (χ4n) is 2.03. The maximum atomic E-state index is 11.7. The molecule has 0 unspecified atom stereocenters. The number of amides is 1. The third kappa shape index (κ3) is 3.53. The standard InChI is InChI=1S/C13H18N2O3/c16-11-7-15(8-12(11)17)9-13(18)14-6-10-4-2-1-3-5-10/h1-5,11-12,16-17H,6-9H2,(H,14,18)/t11-,12+. The van der Waals surface area contributed by atoms with E-state index >= 15 is 0 Å². The first-order valence-electron chi connectivity index (χ1n) is 6.04. The van der Waals surface area contributed by atoms with Crippen LogP contribution in [0.4, 0.5) is 0 Å². The summed E-state index contributed by atoms with van der Waals surface area (Å²) >= 11 is 0. The van der Waals surface area contributed by atoms with E-state index in [-0.39, 0.29) is 12.5 Å². The van der Waals surface area contributed by atoms with Gasteiger partial charge >= 0.3 is 0 Å². The number of carbonyl (C=O) groups is 1. The van der Waals surface area contributed by atoms with Crippen LogP contribution in [-0.4, -0.2) is 52.9 Å². The van der Waals surface area contributed by atoms with Crippen molar-refractivity contribution in [3.05, 3.63) is 35.9 Å². The highest BCUT2D eigenvalue weighted by Gasteiger charge is 2.30. The molecular formula is C13H18N2O3. The molecule has 0 aromatic heterocycles. The van der Waals surface area contributed by atoms with E-state index in [2.05, 4.69) is 5.32 Å². The van der Waals surface area contributed by atoms with E-state index in [0.717, 1.165) is 5.56 Å². The van der Waals surface area contributed by atoms with Crippen LogP contribution in [0.1, 0.15) is 5.56 Å². The Balaban J connectivity index is 1.73. The Morgan fingerprint density at radius 2 is 1.83 bits per heavy atom. The largest absolute Gasteiger partial charge is 0.389 e. The van der Waals surface area contributed by atoms with Gasteiger partial charge in [-0.15, -0.1) is 0 Å². The Hall–Kier alpha value is -1.43. The second-order valence-electron chi connectivity index (χ2n) is 4.59. The Kier molecular flexibility index (Phi) is 4.30. The number of β-amino-alcohol motifs (C(OH)–C–C–N with tert-alkyl or cyclic N) is 2. The average Bonchev–Trinajstić information content (AvgIpc) is 2.67. The zero-order valence-electron chi connectivity index (χ0n) is 10.1. The molecule has 2 rings (SSSR count). The quantitative estimate of drug-likeness (QED) is 0.663. The number of hydrogen-bond acceptors (Lipinski definition) is 4. The van der Waals surface area contributed by atoms with Crippen molar-refractivity contribution in [2.75, 3.05) is 19.6 Å². The van der Waals surface area contributed by atoms with Crippen LogP contribution in [0.15, 0.2) is 30.3 Å². The first kappa shape index (κ1) is 13.0. The summed E-state index contributed by atoms with van der Waals surface area (Å²) in [5, 5.41) is 21.5. The van der Waals surface area contributed by atoms with Crippen LogP contribution in [-0.2, 0) is 11.3 Å². The van der Waals surface area contributed by atoms with Crippen molar-refractivity contribution < 1.29 is 15.0 Å². The Morgan fingerprint density at radius 3 is 2.44 bits per heavy atom. The molecule has 1 fully saturated rings. The summed E-state index contributed by atoms with van der Waals surface area (Å²) in [7, 11) is 0. The van der Waals surface area contributed by atoms with Crippen molar-refractivity contribution in [1.29, 1.82) is 0 Å². The summed E-state index contributed by atoms with van der Waals surface area (Å²) in [5.41, 5.74) is 1.05. The topological polar surface area (TPSA) is 72.8 Å².